The third-order valence-corrected chi connectivity index (χ3v) is 7.57. The molecule has 0 saturated carbocycles. The molecule has 0 bridgehead atoms. The number of methoxy groups -OCH3 is 1. The summed E-state index contributed by atoms with van der Waals surface area (Å²) < 4.78 is 5.45. The number of benzene rings is 2. The smallest absolute Gasteiger partial charge is 0.318 e. The summed E-state index contributed by atoms with van der Waals surface area (Å²) in [6.45, 7) is 5.13. The number of carbonyl (C=O) groups excluding carboxylic acids is 1. The van der Waals surface area contributed by atoms with E-state index < -0.39 is 0 Å². The van der Waals surface area contributed by atoms with Gasteiger partial charge in [-0.1, -0.05) is 36.4 Å². The van der Waals surface area contributed by atoms with E-state index in [1.54, 1.807) is 7.11 Å². The summed E-state index contributed by atoms with van der Waals surface area (Å²) in [6, 6.07) is 17.6. The van der Waals surface area contributed by atoms with Gasteiger partial charge in [0.05, 0.1) is 13.2 Å². The number of likely N-dealkylation sites (tertiary alicyclic amines) is 1. The normalized spacial score (nSPS) is 25.4. The molecule has 0 spiro atoms. The molecular weight excluding hydrogens is 422 g/mol. The van der Waals surface area contributed by atoms with Gasteiger partial charge in [0, 0.05) is 31.7 Å². The van der Waals surface area contributed by atoms with Crippen molar-refractivity contribution in [3.63, 3.8) is 0 Å². The average Bonchev–Trinajstić information content (AvgIpc) is 2.82. The van der Waals surface area contributed by atoms with Crippen molar-refractivity contribution in [3.8, 4) is 5.75 Å². The Labute approximate surface area is 197 Å². The van der Waals surface area contributed by atoms with E-state index in [0.29, 0.717) is 18.0 Å². The molecule has 5 nitrogen and oxygen atoms in total. The maximum absolute atomic E-state index is 13.3. The highest BCUT2D eigenvalue weighted by atomic mass is 35.5. The molecule has 4 atom stereocenters. The van der Waals surface area contributed by atoms with Gasteiger partial charge in [-0.3, -0.25) is 4.90 Å². The van der Waals surface area contributed by atoms with Gasteiger partial charge in [0.2, 0.25) is 0 Å². The third-order valence-electron chi connectivity index (χ3n) is 7.57. The van der Waals surface area contributed by atoms with E-state index in [2.05, 4.69) is 52.4 Å². The van der Waals surface area contributed by atoms with Crippen LogP contribution in [0.15, 0.2) is 48.5 Å². The highest BCUT2D eigenvalue weighted by Gasteiger charge is 2.44. The fourth-order valence-corrected chi connectivity index (χ4v) is 5.91. The first kappa shape index (κ1) is 22.9. The van der Waals surface area contributed by atoms with Crippen LogP contribution in [0.5, 0.6) is 5.75 Å². The van der Waals surface area contributed by atoms with Crippen molar-refractivity contribution in [2.75, 3.05) is 26.7 Å². The second-order valence-electron chi connectivity index (χ2n) is 9.31. The first-order valence-corrected chi connectivity index (χ1v) is 11.7. The molecule has 0 aromatic heterocycles. The van der Waals surface area contributed by atoms with Crippen LogP contribution in [0.2, 0.25) is 0 Å². The molecule has 2 amide bonds. The van der Waals surface area contributed by atoms with Crippen LogP contribution in [0.4, 0.5) is 4.79 Å². The molecule has 3 heterocycles. The predicted octanol–water partition coefficient (Wildman–Crippen LogP) is 4.97. The van der Waals surface area contributed by atoms with E-state index in [-0.39, 0.29) is 24.5 Å². The van der Waals surface area contributed by atoms with E-state index in [9.17, 15) is 4.79 Å². The molecule has 2 aromatic rings. The Hall–Kier alpha value is -2.24. The number of nitrogens with zero attached hydrogens (tertiary/aromatic N) is 2. The second kappa shape index (κ2) is 9.72. The van der Waals surface area contributed by atoms with Crippen LogP contribution < -0.4 is 10.1 Å². The Balaban J connectivity index is 0.00000245. The number of amides is 2. The second-order valence-corrected chi connectivity index (χ2v) is 9.31. The van der Waals surface area contributed by atoms with Gasteiger partial charge >= 0.3 is 6.03 Å². The minimum Gasteiger partial charge on any atom is -0.497 e. The molecule has 1 unspecified atom stereocenters. The van der Waals surface area contributed by atoms with Crippen molar-refractivity contribution in [2.24, 2.45) is 5.92 Å². The number of fused-ring (bicyclic) bond motifs is 4. The molecule has 1 N–H and O–H groups in total. The maximum atomic E-state index is 13.3. The molecule has 2 fully saturated rings. The fourth-order valence-electron chi connectivity index (χ4n) is 5.91. The Morgan fingerprint density at radius 3 is 2.75 bits per heavy atom. The first-order chi connectivity index (χ1) is 15.1. The number of piperidine rings is 2. The van der Waals surface area contributed by atoms with Gasteiger partial charge in [-0.2, -0.15) is 0 Å². The Bertz CT molecular complexity index is 938. The number of nitrogens with one attached hydrogen (secondary N) is 1. The van der Waals surface area contributed by atoms with Crippen molar-refractivity contribution < 1.29 is 9.53 Å². The van der Waals surface area contributed by atoms with Gasteiger partial charge in [-0.25, -0.2) is 4.79 Å². The van der Waals surface area contributed by atoms with Crippen LogP contribution in [0, 0.1) is 5.92 Å². The molecule has 2 saturated heterocycles. The average molecular weight is 456 g/mol. The van der Waals surface area contributed by atoms with Crippen LogP contribution >= 0.6 is 12.4 Å². The van der Waals surface area contributed by atoms with Gasteiger partial charge < -0.3 is 15.0 Å². The minimum atomic E-state index is 0. The highest BCUT2D eigenvalue weighted by molar-refractivity contribution is 5.85. The SMILES string of the molecule is COc1ccc2c(c1)CCN1C[C@H]3CCCN(C(=O)NC(C)c4ccccc4)[C@H]3C[C@@H]21.Cl. The van der Waals surface area contributed by atoms with E-state index in [1.807, 2.05) is 18.2 Å². The summed E-state index contributed by atoms with van der Waals surface area (Å²) in [5.41, 5.74) is 3.98. The van der Waals surface area contributed by atoms with Gasteiger partial charge in [-0.05, 0) is 67.3 Å². The van der Waals surface area contributed by atoms with Crippen molar-refractivity contribution in [3.05, 3.63) is 65.2 Å². The lowest BCUT2D eigenvalue weighted by Gasteiger charge is -2.52. The molecule has 3 aliphatic rings. The molecular formula is C26H34ClN3O2. The lowest BCUT2D eigenvalue weighted by molar-refractivity contribution is 0.00530. The van der Waals surface area contributed by atoms with Crippen LogP contribution in [-0.4, -0.2) is 48.6 Å². The minimum absolute atomic E-state index is 0. The summed E-state index contributed by atoms with van der Waals surface area (Å²) in [7, 11) is 1.73. The topological polar surface area (TPSA) is 44.8 Å². The van der Waals surface area contributed by atoms with Gasteiger partial charge in [0.15, 0.2) is 0 Å². The molecule has 32 heavy (non-hydrogen) atoms. The Kier molecular flexibility index (Phi) is 6.96. The zero-order chi connectivity index (χ0) is 21.4. The number of halogens is 1. The van der Waals surface area contributed by atoms with Crippen molar-refractivity contribution in [1.82, 2.24) is 15.1 Å². The summed E-state index contributed by atoms with van der Waals surface area (Å²) in [5.74, 6) is 1.51. The number of hydrogen-bond acceptors (Lipinski definition) is 3. The van der Waals surface area contributed by atoms with E-state index in [4.69, 9.17) is 4.74 Å². The zero-order valence-corrected chi connectivity index (χ0v) is 19.8. The van der Waals surface area contributed by atoms with E-state index in [1.165, 1.54) is 17.5 Å². The van der Waals surface area contributed by atoms with Gasteiger partial charge in [0.25, 0.3) is 0 Å². The predicted molar refractivity (Wildman–Crippen MR) is 129 cm³/mol. The monoisotopic (exact) mass is 455 g/mol. The largest absolute Gasteiger partial charge is 0.497 e. The Morgan fingerprint density at radius 2 is 1.97 bits per heavy atom. The number of carbonyl (C=O) groups is 1. The lowest BCUT2D eigenvalue weighted by Crippen LogP contribution is -2.59. The number of ether oxygens (including phenoxy) is 1. The quantitative estimate of drug-likeness (QED) is 0.710. The number of hydrogen-bond donors (Lipinski definition) is 1. The fraction of sp³-hybridized carbons (Fsp3) is 0.500. The molecule has 6 heteroatoms. The summed E-state index contributed by atoms with van der Waals surface area (Å²) in [6.07, 6.45) is 4.43. The van der Waals surface area contributed by atoms with Crippen LogP contribution in [0.3, 0.4) is 0 Å². The summed E-state index contributed by atoms with van der Waals surface area (Å²) >= 11 is 0. The van der Waals surface area contributed by atoms with Crippen molar-refractivity contribution in [1.29, 1.82) is 0 Å². The molecule has 3 aliphatic heterocycles. The number of rotatable bonds is 3. The summed E-state index contributed by atoms with van der Waals surface area (Å²) in [5, 5.41) is 3.26. The maximum Gasteiger partial charge on any atom is 0.318 e. The molecule has 5 rings (SSSR count). The van der Waals surface area contributed by atoms with Crippen molar-refractivity contribution >= 4 is 18.4 Å². The van der Waals surface area contributed by atoms with Gasteiger partial charge in [-0.15, -0.1) is 12.4 Å². The highest BCUT2D eigenvalue weighted by Crippen LogP contribution is 2.43. The van der Waals surface area contributed by atoms with Crippen molar-refractivity contribution in [2.45, 2.75) is 50.7 Å². The summed E-state index contributed by atoms with van der Waals surface area (Å²) in [4.78, 5) is 18.1. The van der Waals surface area contributed by atoms with E-state index in [0.717, 1.165) is 50.2 Å². The number of urea groups is 1. The lowest BCUT2D eigenvalue weighted by atomic mass is 9.76. The third kappa shape index (κ3) is 4.33. The molecule has 0 radical (unpaired) electrons. The molecule has 0 aliphatic carbocycles. The van der Waals surface area contributed by atoms with Crippen LogP contribution in [-0.2, 0) is 6.42 Å². The van der Waals surface area contributed by atoms with E-state index >= 15 is 0 Å². The Morgan fingerprint density at radius 1 is 1.16 bits per heavy atom. The zero-order valence-electron chi connectivity index (χ0n) is 19.0. The molecule has 172 valence electrons. The van der Waals surface area contributed by atoms with Crippen LogP contribution in [0.1, 0.15) is 55.0 Å². The van der Waals surface area contributed by atoms with Crippen LogP contribution in [0.25, 0.3) is 0 Å². The first-order valence-electron chi connectivity index (χ1n) is 11.7. The standard InChI is InChI=1S/C26H33N3O2.ClH/c1-18(19-7-4-3-5-8-19)27-26(30)29-13-6-9-21-17-28-14-12-20-15-22(31-2)10-11-23(20)25(28)16-24(21)29;/h3-5,7-8,10-11,15,18,21,24-25H,6,9,12-14,16-17H2,1-2H3,(H,27,30);1H/t18?,21-,24+,25+;/m1./s1. The molecule has 2 aromatic carbocycles. The van der Waals surface area contributed by atoms with Gasteiger partial charge in [0.1, 0.15) is 5.75 Å².